The molecule has 3 aromatic rings. The van der Waals surface area contributed by atoms with Gasteiger partial charge in [-0.1, -0.05) is 18.2 Å². The van der Waals surface area contributed by atoms with Crippen LogP contribution in [0, 0.1) is 0 Å². The molecule has 0 aliphatic heterocycles. The molecule has 2 amide bonds. The van der Waals surface area contributed by atoms with Crippen molar-refractivity contribution < 1.29 is 22.8 Å². The molecule has 3 rings (SSSR count). The zero-order valence-electron chi connectivity index (χ0n) is 17.6. The summed E-state index contributed by atoms with van der Waals surface area (Å²) in [5.74, 6) is -1.35. The van der Waals surface area contributed by atoms with Gasteiger partial charge in [0.2, 0.25) is 5.91 Å². The first kappa shape index (κ1) is 23.5. The molecule has 11 heteroatoms. The number of nitrogen functional groups attached to an aromatic ring is 1. The van der Waals surface area contributed by atoms with Crippen LogP contribution in [0.3, 0.4) is 0 Å². The fourth-order valence-electron chi connectivity index (χ4n) is 3.10. The molecule has 8 nitrogen and oxygen atoms in total. The van der Waals surface area contributed by atoms with Crippen LogP contribution in [0.15, 0.2) is 59.4 Å². The molecule has 33 heavy (non-hydrogen) atoms. The SMILES string of the molecule is CC(=O)Nc1cc(=O)n(-c2ccccc2)nc1C(=O)NC(C)c1cc(N)cc(C(F)(F)F)c1. The lowest BCUT2D eigenvalue weighted by molar-refractivity contribution is -0.137. The minimum absolute atomic E-state index is 0.115. The molecule has 1 heterocycles. The van der Waals surface area contributed by atoms with E-state index in [1.54, 1.807) is 30.3 Å². The van der Waals surface area contributed by atoms with Crippen LogP contribution in [0.25, 0.3) is 5.69 Å². The minimum Gasteiger partial charge on any atom is -0.399 e. The maximum Gasteiger partial charge on any atom is 0.416 e. The minimum atomic E-state index is -4.61. The molecule has 172 valence electrons. The Morgan fingerprint density at radius 2 is 1.76 bits per heavy atom. The maximum absolute atomic E-state index is 13.1. The number of amides is 2. The summed E-state index contributed by atoms with van der Waals surface area (Å²) in [6, 6.07) is 11.4. The summed E-state index contributed by atoms with van der Waals surface area (Å²) in [4.78, 5) is 37.1. The van der Waals surface area contributed by atoms with Gasteiger partial charge in [0.05, 0.1) is 23.0 Å². The predicted octanol–water partition coefficient (Wildman–Crippen LogP) is 3.28. The van der Waals surface area contributed by atoms with E-state index < -0.39 is 35.2 Å². The van der Waals surface area contributed by atoms with E-state index in [0.29, 0.717) is 5.69 Å². The molecule has 0 spiro atoms. The summed E-state index contributed by atoms with van der Waals surface area (Å²) in [5.41, 5.74) is 4.02. The number of carbonyl (C=O) groups excluding carboxylic acids is 2. The second-order valence-corrected chi connectivity index (χ2v) is 7.25. The van der Waals surface area contributed by atoms with E-state index in [2.05, 4.69) is 15.7 Å². The third-order valence-corrected chi connectivity index (χ3v) is 4.61. The largest absolute Gasteiger partial charge is 0.416 e. The standard InChI is InChI=1S/C22H20F3N5O3/c1-12(14-8-15(22(23,24)25)10-16(26)9-14)27-21(33)20-18(28-13(2)31)11-19(32)30(29-20)17-6-4-3-5-7-17/h3-12H,26H2,1-2H3,(H,27,33)(H,28,31). The first-order chi connectivity index (χ1) is 15.5. The van der Waals surface area contributed by atoms with Crippen molar-refractivity contribution >= 4 is 23.2 Å². The van der Waals surface area contributed by atoms with Crippen LogP contribution < -0.4 is 21.9 Å². The number of hydrogen-bond acceptors (Lipinski definition) is 5. The van der Waals surface area contributed by atoms with Crippen molar-refractivity contribution in [2.45, 2.75) is 26.1 Å². The average molecular weight is 459 g/mol. The van der Waals surface area contributed by atoms with Gasteiger partial charge in [0, 0.05) is 18.7 Å². The van der Waals surface area contributed by atoms with Gasteiger partial charge < -0.3 is 16.4 Å². The number of benzene rings is 2. The van der Waals surface area contributed by atoms with Gasteiger partial charge in [-0.3, -0.25) is 14.4 Å². The lowest BCUT2D eigenvalue weighted by atomic mass is 10.0. The zero-order valence-corrected chi connectivity index (χ0v) is 17.6. The fraction of sp³-hybridized carbons (Fsp3) is 0.182. The number of carbonyl (C=O) groups is 2. The van der Waals surface area contributed by atoms with E-state index in [1.165, 1.54) is 19.9 Å². The Balaban J connectivity index is 1.99. The molecule has 0 fully saturated rings. The highest BCUT2D eigenvalue weighted by Crippen LogP contribution is 2.32. The zero-order chi connectivity index (χ0) is 24.3. The Hall–Kier alpha value is -4.15. The van der Waals surface area contributed by atoms with Gasteiger partial charge in [-0.05, 0) is 42.8 Å². The Bertz CT molecular complexity index is 1260. The second kappa shape index (κ2) is 9.15. The van der Waals surface area contributed by atoms with E-state index >= 15 is 0 Å². The Labute approximate surface area is 186 Å². The molecule has 0 saturated heterocycles. The summed E-state index contributed by atoms with van der Waals surface area (Å²) >= 11 is 0. The van der Waals surface area contributed by atoms with Crippen LogP contribution >= 0.6 is 0 Å². The van der Waals surface area contributed by atoms with E-state index in [4.69, 9.17) is 5.73 Å². The van der Waals surface area contributed by atoms with Crippen molar-refractivity contribution in [1.82, 2.24) is 15.1 Å². The van der Waals surface area contributed by atoms with Crippen LogP contribution in [0.4, 0.5) is 24.5 Å². The molecule has 0 saturated carbocycles. The molecule has 0 aliphatic carbocycles. The average Bonchev–Trinajstić information content (AvgIpc) is 2.73. The van der Waals surface area contributed by atoms with Crippen molar-refractivity contribution in [1.29, 1.82) is 0 Å². The summed E-state index contributed by atoms with van der Waals surface area (Å²) in [6.45, 7) is 2.66. The van der Waals surface area contributed by atoms with Gasteiger partial charge in [-0.25, -0.2) is 0 Å². The van der Waals surface area contributed by atoms with Gasteiger partial charge >= 0.3 is 6.18 Å². The van der Waals surface area contributed by atoms with Crippen molar-refractivity contribution in [2.24, 2.45) is 0 Å². The van der Waals surface area contributed by atoms with Crippen LogP contribution in [0.5, 0.6) is 0 Å². The van der Waals surface area contributed by atoms with Crippen LogP contribution in [0.2, 0.25) is 0 Å². The lowest BCUT2D eigenvalue weighted by Gasteiger charge is -2.18. The number of hydrogen-bond donors (Lipinski definition) is 3. The van der Waals surface area contributed by atoms with Crippen LogP contribution in [-0.4, -0.2) is 21.6 Å². The molecule has 0 aliphatic rings. The quantitative estimate of drug-likeness (QED) is 0.506. The third kappa shape index (κ3) is 5.56. The van der Waals surface area contributed by atoms with E-state index in [1.807, 2.05) is 0 Å². The summed E-state index contributed by atoms with van der Waals surface area (Å²) in [5, 5.41) is 9.01. The number of para-hydroxylation sites is 1. The van der Waals surface area contributed by atoms with Crippen LogP contribution in [-0.2, 0) is 11.0 Å². The summed E-state index contributed by atoms with van der Waals surface area (Å²) in [6.07, 6.45) is -4.61. The molecule has 1 aromatic heterocycles. The molecule has 4 N–H and O–H groups in total. The highest BCUT2D eigenvalue weighted by Gasteiger charge is 2.31. The molecule has 1 unspecified atom stereocenters. The highest BCUT2D eigenvalue weighted by molar-refractivity contribution is 6.01. The molecule has 0 radical (unpaired) electrons. The Morgan fingerprint density at radius 3 is 2.36 bits per heavy atom. The van der Waals surface area contributed by atoms with Crippen LogP contribution in [0.1, 0.15) is 41.5 Å². The monoisotopic (exact) mass is 459 g/mol. The predicted molar refractivity (Wildman–Crippen MR) is 116 cm³/mol. The summed E-state index contributed by atoms with van der Waals surface area (Å²) in [7, 11) is 0. The number of nitrogens with one attached hydrogen (secondary N) is 2. The number of rotatable bonds is 5. The van der Waals surface area contributed by atoms with E-state index in [0.717, 1.165) is 22.9 Å². The first-order valence-electron chi connectivity index (χ1n) is 9.71. The fourth-order valence-corrected chi connectivity index (χ4v) is 3.10. The topological polar surface area (TPSA) is 119 Å². The third-order valence-electron chi connectivity index (χ3n) is 4.61. The lowest BCUT2D eigenvalue weighted by Crippen LogP contribution is -2.32. The van der Waals surface area contributed by atoms with E-state index in [-0.39, 0.29) is 22.6 Å². The Morgan fingerprint density at radius 1 is 1.09 bits per heavy atom. The van der Waals surface area contributed by atoms with Gasteiger partial charge in [0.1, 0.15) is 0 Å². The normalized spacial score (nSPS) is 12.2. The highest BCUT2D eigenvalue weighted by atomic mass is 19.4. The van der Waals surface area contributed by atoms with Crippen molar-refractivity contribution in [3.05, 3.63) is 81.8 Å². The number of halogens is 3. The number of aromatic nitrogens is 2. The maximum atomic E-state index is 13.1. The number of alkyl halides is 3. The smallest absolute Gasteiger partial charge is 0.399 e. The second-order valence-electron chi connectivity index (χ2n) is 7.25. The molecular formula is C22H20F3N5O3. The number of nitrogens with zero attached hydrogens (tertiary/aromatic N) is 2. The van der Waals surface area contributed by atoms with Gasteiger partial charge in [-0.15, -0.1) is 0 Å². The van der Waals surface area contributed by atoms with Crippen molar-refractivity contribution in [3.63, 3.8) is 0 Å². The molecular weight excluding hydrogens is 439 g/mol. The molecule has 2 aromatic carbocycles. The van der Waals surface area contributed by atoms with Crippen molar-refractivity contribution in [2.75, 3.05) is 11.1 Å². The number of anilines is 2. The van der Waals surface area contributed by atoms with E-state index in [9.17, 15) is 27.6 Å². The molecule has 1 atom stereocenters. The Kier molecular flexibility index (Phi) is 6.52. The number of nitrogens with two attached hydrogens (primary N) is 1. The summed E-state index contributed by atoms with van der Waals surface area (Å²) < 4.78 is 40.4. The van der Waals surface area contributed by atoms with Crippen molar-refractivity contribution in [3.8, 4) is 5.69 Å². The molecule has 0 bridgehead atoms. The van der Waals surface area contributed by atoms with Gasteiger partial charge in [0.15, 0.2) is 5.69 Å². The first-order valence-corrected chi connectivity index (χ1v) is 9.71. The van der Waals surface area contributed by atoms with Gasteiger partial charge in [0.25, 0.3) is 11.5 Å². The van der Waals surface area contributed by atoms with Gasteiger partial charge in [-0.2, -0.15) is 23.0 Å².